The standard InChI is InChI=1S/C21H23N7OS2/c1-15-6-8-16(9-7-15)28-14-22-26-21(28)31-13-19(29)23-17(10-12-30-2)20-25-24-18-5-3-4-11-27(18)20/h3-9,11,14,17H,10,12-13H2,1-2H3,(H,23,29). The van der Waals surface area contributed by atoms with Gasteiger partial charge in [-0.05, 0) is 49.6 Å². The largest absolute Gasteiger partial charge is 0.345 e. The van der Waals surface area contributed by atoms with Crippen LogP contribution < -0.4 is 5.32 Å². The Morgan fingerprint density at radius 1 is 1.13 bits per heavy atom. The molecule has 3 heterocycles. The number of thioether (sulfide) groups is 2. The molecule has 1 atom stereocenters. The zero-order valence-corrected chi connectivity index (χ0v) is 18.9. The molecule has 0 aliphatic carbocycles. The molecule has 0 saturated heterocycles. The lowest BCUT2D eigenvalue weighted by Gasteiger charge is -2.17. The van der Waals surface area contributed by atoms with Gasteiger partial charge in [-0.3, -0.25) is 13.8 Å². The minimum Gasteiger partial charge on any atom is -0.345 e. The van der Waals surface area contributed by atoms with Gasteiger partial charge in [-0.1, -0.05) is 35.5 Å². The summed E-state index contributed by atoms with van der Waals surface area (Å²) in [5.74, 6) is 1.80. The molecule has 0 bridgehead atoms. The summed E-state index contributed by atoms with van der Waals surface area (Å²) in [7, 11) is 0. The van der Waals surface area contributed by atoms with Crippen LogP contribution in [0.4, 0.5) is 0 Å². The summed E-state index contributed by atoms with van der Waals surface area (Å²) in [4.78, 5) is 12.8. The first kappa shape index (κ1) is 21.4. The summed E-state index contributed by atoms with van der Waals surface area (Å²) in [6.45, 7) is 2.04. The van der Waals surface area contributed by atoms with Crippen molar-refractivity contribution in [2.75, 3.05) is 17.8 Å². The predicted octanol–water partition coefficient (Wildman–Crippen LogP) is 3.32. The maximum Gasteiger partial charge on any atom is 0.231 e. The van der Waals surface area contributed by atoms with E-state index in [0.717, 1.165) is 29.3 Å². The lowest BCUT2D eigenvalue weighted by atomic mass is 10.2. The fraction of sp³-hybridized carbons (Fsp3) is 0.286. The van der Waals surface area contributed by atoms with Crippen molar-refractivity contribution >= 4 is 35.1 Å². The fourth-order valence-corrected chi connectivity index (χ4v) is 4.38. The molecule has 31 heavy (non-hydrogen) atoms. The van der Waals surface area contributed by atoms with Crippen molar-refractivity contribution in [1.29, 1.82) is 0 Å². The van der Waals surface area contributed by atoms with Crippen LogP contribution in [0.2, 0.25) is 0 Å². The number of benzene rings is 1. The summed E-state index contributed by atoms with van der Waals surface area (Å²) in [5.41, 5.74) is 2.91. The first-order chi connectivity index (χ1) is 15.2. The highest BCUT2D eigenvalue weighted by Gasteiger charge is 2.20. The minimum atomic E-state index is -0.215. The molecule has 10 heteroatoms. The highest BCUT2D eigenvalue weighted by molar-refractivity contribution is 7.99. The first-order valence-electron chi connectivity index (χ1n) is 9.83. The fourth-order valence-electron chi connectivity index (χ4n) is 3.17. The number of carbonyl (C=O) groups is 1. The molecule has 0 aliphatic heterocycles. The summed E-state index contributed by atoms with van der Waals surface area (Å²) < 4.78 is 3.81. The molecule has 160 valence electrons. The predicted molar refractivity (Wildman–Crippen MR) is 124 cm³/mol. The molecule has 4 rings (SSSR count). The van der Waals surface area contributed by atoms with E-state index in [4.69, 9.17) is 0 Å². The molecule has 0 saturated carbocycles. The lowest BCUT2D eigenvalue weighted by Crippen LogP contribution is -2.31. The minimum absolute atomic E-state index is 0.0813. The Kier molecular flexibility index (Phi) is 6.88. The van der Waals surface area contributed by atoms with Gasteiger partial charge in [-0.25, -0.2) is 0 Å². The van der Waals surface area contributed by atoms with Gasteiger partial charge < -0.3 is 5.32 Å². The number of rotatable bonds is 9. The van der Waals surface area contributed by atoms with Gasteiger partial charge in [0.05, 0.1) is 11.8 Å². The van der Waals surface area contributed by atoms with Crippen LogP contribution in [0.15, 0.2) is 60.1 Å². The van der Waals surface area contributed by atoms with Crippen molar-refractivity contribution in [3.63, 3.8) is 0 Å². The maximum absolute atomic E-state index is 12.8. The number of nitrogens with one attached hydrogen (secondary N) is 1. The van der Waals surface area contributed by atoms with Crippen LogP contribution in [-0.4, -0.2) is 53.0 Å². The normalized spacial score (nSPS) is 12.2. The highest BCUT2D eigenvalue weighted by atomic mass is 32.2. The van der Waals surface area contributed by atoms with Gasteiger partial charge in [0.15, 0.2) is 16.6 Å². The smallest absolute Gasteiger partial charge is 0.231 e. The molecule has 1 aromatic carbocycles. The molecular formula is C21H23N7OS2. The summed E-state index contributed by atoms with van der Waals surface area (Å²) in [6, 6.07) is 13.6. The van der Waals surface area contributed by atoms with E-state index in [0.29, 0.717) is 5.16 Å². The van der Waals surface area contributed by atoms with Crippen LogP contribution in [0.3, 0.4) is 0 Å². The van der Waals surface area contributed by atoms with Gasteiger partial charge in [-0.15, -0.1) is 20.4 Å². The summed E-state index contributed by atoms with van der Waals surface area (Å²) in [6.07, 6.45) is 6.40. The van der Waals surface area contributed by atoms with E-state index in [9.17, 15) is 4.79 Å². The van der Waals surface area contributed by atoms with E-state index >= 15 is 0 Å². The number of amides is 1. The Labute approximate surface area is 188 Å². The van der Waals surface area contributed by atoms with Gasteiger partial charge in [0.1, 0.15) is 6.33 Å². The Morgan fingerprint density at radius 3 is 2.77 bits per heavy atom. The number of pyridine rings is 1. The van der Waals surface area contributed by atoms with Crippen molar-refractivity contribution in [2.24, 2.45) is 0 Å². The quantitative estimate of drug-likeness (QED) is 0.389. The average Bonchev–Trinajstić information content (AvgIpc) is 3.43. The average molecular weight is 454 g/mol. The molecule has 8 nitrogen and oxygen atoms in total. The van der Waals surface area contributed by atoms with Crippen molar-refractivity contribution in [1.82, 2.24) is 34.7 Å². The SMILES string of the molecule is CSCCC(NC(=O)CSc1nncn1-c1ccc(C)cc1)c1nnc2ccccn12. The molecule has 0 aliphatic rings. The van der Waals surface area contributed by atoms with E-state index in [2.05, 4.69) is 32.0 Å². The summed E-state index contributed by atoms with van der Waals surface area (Å²) in [5, 5.41) is 20.5. The molecule has 3 aromatic heterocycles. The van der Waals surface area contributed by atoms with Crippen molar-refractivity contribution in [2.45, 2.75) is 24.5 Å². The third kappa shape index (κ3) is 5.08. The Balaban J connectivity index is 1.44. The van der Waals surface area contributed by atoms with E-state index in [1.54, 1.807) is 18.1 Å². The second kappa shape index (κ2) is 9.97. The molecule has 0 fully saturated rings. The summed E-state index contributed by atoms with van der Waals surface area (Å²) >= 11 is 3.09. The van der Waals surface area contributed by atoms with Crippen LogP contribution in [0.5, 0.6) is 0 Å². The number of hydrogen-bond donors (Lipinski definition) is 1. The second-order valence-corrected chi connectivity index (χ2v) is 8.92. The van der Waals surface area contributed by atoms with Crippen LogP contribution in [-0.2, 0) is 4.79 Å². The third-order valence-electron chi connectivity index (χ3n) is 4.76. The van der Waals surface area contributed by atoms with Crippen molar-refractivity contribution in [3.8, 4) is 5.69 Å². The van der Waals surface area contributed by atoms with E-state index in [1.165, 1.54) is 17.3 Å². The third-order valence-corrected chi connectivity index (χ3v) is 6.35. The molecule has 0 radical (unpaired) electrons. The maximum atomic E-state index is 12.8. The van der Waals surface area contributed by atoms with Crippen LogP contribution >= 0.6 is 23.5 Å². The van der Waals surface area contributed by atoms with Crippen LogP contribution in [0.25, 0.3) is 11.3 Å². The number of fused-ring (bicyclic) bond motifs is 1. The van der Waals surface area contributed by atoms with E-state index in [-0.39, 0.29) is 17.7 Å². The number of aromatic nitrogens is 6. The molecule has 1 unspecified atom stereocenters. The molecule has 1 N–H and O–H groups in total. The molecular weight excluding hydrogens is 430 g/mol. The van der Waals surface area contributed by atoms with Gasteiger partial charge in [0.2, 0.25) is 5.91 Å². The Morgan fingerprint density at radius 2 is 1.97 bits per heavy atom. The number of nitrogens with zero attached hydrogens (tertiary/aromatic N) is 6. The topological polar surface area (TPSA) is 90.0 Å². The van der Waals surface area contributed by atoms with Gasteiger partial charge >= 0.3 is 0 Å². The van der Waals surface area contributed by atoms with E-state index < -0.39 is 0 Å². The molecule has 1 amide bonds. The van der Waals surface area contributed by atoms with Crippen LogP contribution in [0.1, 0.15) is 23.9 Å². The van der Waals surface area contributed by atoms with Crippen molar-refractivity contribution < 1.29 is 4.79 Å². The lowest BCUT2D eigenvalue weighted by molar-refractivity contribution is -0.119. The first-order valence-corrected chi connectivity index (χ1v) is 12.2. The zero-order chi connectivity index (χ0) is 21.6. The van der Waals surface area contributed by atoms with Crippen molar-refractivity contribution in [3.05, 3.63) is 66.4 Å². The number of aryl methyl sites for hydroxylation is 1. The monoisotopic (exact) mass is 453 g/mol. The molecule has 4 aromatic rings. The Bertz CT molecular complexity index is 1160. The van der Waals surface area contributed by atoms with Crippen LogP contribution in [0, 0.1) is 6.92 Å². The molecule has 0 spiro atoms. The number of carbonyl (C=O) groups excluding carboxylic acids is 1. The van der Waals surface area contributed by atoms with Gasteiger partial charge in [-0.2, -0.15) is 11.8 Å². The van der Waals surface area contributed by atoms with Gasteiger partial charge in [0.25, 0.3) is 0 Å². The highest BCUT2D eigenvalue weighted by Crippen LogP contribution is 2.22. The van der Waals surface area contributed by atoms with E-state index in [1.807, 2.05) is 64.6 Å². The zero-order valence-electron chi connectivity index (χ0n) is 17.3. The number of hydrogen-bond acceptors (Lipinski definition) is 7. The second-order valence-electron chi connectivity index (χ2n) is 7.00. The Hall–Kier alpha value is -2.85. The van der Waals surface area contributed by atoms with Gasteiger partial charge in [0, 0.05) is 11.9 Å².